The maximum atomic E-state index is 13.6. The second-order valence-electron chi connectivity index (χ2n) is 10.0. The maximum Gasteiger partial charge on any atom is 0.425 e. The van der Waals surface area contributed by atoms with Crippen molar-refractivity contribution in [2.24, 2.45) is 5.41 Å². The van der Waals surface area contributed by atoms with Gasteiger partial charge in [-0.3, -0.25) is 4.90 Å². The lowest BCUT2D eigenvalue weighted by molar-refractivity contribution is -0.200. The fraction of sp³-hybridized carbons (Fsp3) is 0.708. The zero-order valence-electron chi connectivity index (χ0n) is 20.1. The van der Waals surface area contributed by atoms with Gasteiger partial charge in [0.25, 0.3) is 0 Å². The smallest absolute Gasteiger partial charge is 0.425 e. The number of morpholine rings is 1. The first-order chi connectivity index (χ1) is 16.8. The van der Waals surface area contributed by atoms with E-state index in [-0.39, 0.29) is 5.41 Å². The van der Waals surface area contributed by atoms with Gasteiger partial charge in [-0.1, -0.05) is 0 Å². The van der Waals surface area contributed by atoms with Crippen LogP contribution in [0, 0.1) is 5.41 Å². The number of ether oxygens (including phenoxy) is 2. The van der Waals surface area contributed by atoms with Crippen molar-refractivity contribution in [1.29, 1.82) is 0 Å². The predicted octanol–water partition coefficient (Wildman–Crippen LogP) is 4.92. The Morgan fingerprint density at radius 2 is 1.64 bits per heavy atom. The number of halogens is 6. The highest BCUT2D eigenvalue weighted by Crippen LogP contribution is 2.41. The number of rotatable bonds is 4. The molecule has 6 nitrogen and oxygen atoms in total. The third-order valence-electron chi connectivity index (χ3n) is 7.43. The molecule has 1 aromatic rings. The standard InChI is InChI=1S/C24H31F6N3O3/c1-17(23(25,26)27)36-21(34)33-6-3-22(4-7-33)2-5-31(16-22)15-18-12-19(24(28,29)30)14-20(13-18)32-8-10-35-11-9-32/h12-14,17H,2-11,15-16H2,1H3. The largest absolute Gasteiger partial charge is 0.437 e. The number of carbonyl (C=O) groups is 1. The van der Waals surface area contributed by atoms with Crippen LogP contribution in [-0.4, -0.2) is 80.7 Å². The van der Waals surface area contributed by atoms with Gasteiger partial charge in [-0.2, -0.15) is 26.3 Å². The number of amides is 1. The molecule has 0 radical (unpaired) electrons. The number of likely N-dealkylation sites (tertiary alicyclic amines) is 2. The minimum Gasteiger partial charge on any atom is -0.437 e. The SMILES string of the molecule is CC(OC(=O)N1CCC2(CCN(Cc3cc(N4CCOCC4)cc(C(F)(F)F)c3)C2)CC1)C(F)(F)F. The number of hydrogen-bond donors (Lipinski definition) is 0. The lowest BCUT2D eigenvalue weighted by Crippen LogP contribution is -2.46. The van der Waals surface area contributed by atoms with Crippen LogP contribution in [0.1, 0.15) is 37.3 Å². The van der Waals surface area contributed by atoms with Crippen molar-refractivity contribution >= 4 is 11.8 Å². The van der Waals surface area contributed by atoms with Crippen molar-refractivity contribution in [3.05, 3.63) is 29.3 Å². The summed E-state index contributed by atoms with van der Waals surface area (Å²) < 4.78 is 88.7. The van der Waals surface area contributed by atoms with E-state index in [4.69, 9.17) is 4.74 Å². The summed E-state index contributed by atoms with van der Waals surface area (Å²) in [6, 6.07) is 4.20. The minimum absolute atomic E-state index is 0.110. The highest BCUT2D eigenvalue weighted by molar-refractivity contribution is 5.68. The third-order valence-corrected chi connectivity index (χ3v) is 7.43. The maximum absolute atomic E-state index is 13.6. The van der Waals surface area contributed by atoms with Gasteiger partial charge in [-0.15, -0.1) is 0 Å². The molecule has 4 rings (SSSR count). The van der Waals surface area contributed by atoms with Gasteiger partial charge < -0.3 is 19.3 Å². The first-order valence-corrected chi connectivity index (χ1v) is 12.1. The molecule has 202 valence electrons. The number of carbonyl (C=O) groups excluding carboxylic acids is 1. The summed E-state index contributed by atoms with van der Waals surface area (Å²) >= 11 is 0. The van der Waals surface area contributed by atoms with E-state index in [0.717, 1.165) is 13.3 Å². The number of piperidine rings is 1. The fourth-order valence-electron chi connectivity index (χ4n) is 5.22. The van der Waals surface area contributed by atoms with Crippen molar-refractivity contribution in [2.75, 3.05) is 57.4 Å². The predicted molar refractivity (Wildman–Crippen MR) is 120 cm³/mol. The average molecular weight is 524 g/mol. The summed E-state index contributed by atoms with van der Waals surface area (Å²) in [6.07, 6.45) is -10.1. The molecule has 1 aromatic carbocycles. The van der Waals surface area contributed by atoms with Gasteiger partial charge in [0, 0.05) is 45.0 Å². The Kier molecular flexibility index (Phi) is 7.66. The van der Waals surface area contributed by atoms with Crippen LogP contribution in [-0.2, 0) is 22.2 Å². The first kappa shape index (κ1) is 26.8. The molecule has 1 spiro atoms. The van der Waals surface area contributed by atoms with Crippen molar-refractivity contribution in [2.45, 2.75) is 51.2 Å². The molecule has 3 heterocycles. The second-order valence-corrected chi connectivity index (χ2v) is 10.0. The lowest BCUT2D eigenvalue weighted by atomic mass is 9.78. The number of benzene rings is 1. The van der Waals surface area contributed by atoms with Gasteiger partial charge in [0.15, 0.2) is 6.10 Å². The summed E-state index contributed by atoms with van der Waals surface area (Å²) in [5.41, 5.74) is 0.346. The van der Waals surface area contributed by atoms with E-state index < -0.39 is 30.1 Å². The molecule has 1 amide bonds. The summed E-state index contributed by atoms with van der Waals surface area (Å²) in [4.78, 5) is 17.5. The van der Waals surface area contributed by atoms with Crippen LogP contribution in [0.2, 0.25) is 0 Å². The molecule has 12 heteroatoms. The molecule has 3 fully saturated rings. The molecule has 0 N–H and O–H groups in total. The number of nitrogens with zero attached hydrogens (tertiary/aromatic N) is 3. The van der Waals surface area contributed by atoms with Crippen LogP contribution < -0.4 is 4.90 Å². The Balaban J connectivity index is 1.37. The lowest BCUT2D eigenvalue weighted by Gasteiger charge is -2.39. The quantitative estimate of drug-likeness (QED) is 0.525. The van der Waals surface area contributed by atoms with Crippen LogP contribution in [0.5, 0.6) is 0 Å². The Bertz CT molecular complexity index is 925. The number of hydrogen-bond acceptors (Lipinski definition) is 5. The summed E-state index contributed by atoms with van der Waals surface area (Å²) in [5.74, 6) is 0. The molecule has 0 aliphatic carbocycles. The molecular formula is C24H31F6N3O3. The molecule has 3 saturated heterocycles. The first-order valence-electron chi connectivity index (χ1n) is 12.1. The Hall–Kier alpha value is -2.21. The molecule has 36 heavy (non-hydrogen) atoms. The normalized spacial score (nSPS) is 22.2. The van der Waals surface area contributed by atoms with Crippen LogP contribution in [0.25, 0.3) is 0 Å². The van der Waals surface area contributed by atoms with Gasteiger partial charge in [0.2, 0.25) is 0 Å². The van der Waals surface area contributed by atoms with Crippen molar-refractivity contribution in [3.63, 3.8) is 0 Å². The zero-order chi connectivity index (χ0) is 26.1. The topological polar surface area (TPSA) is 45.2 Å². The molecule has 1 atom stereocenters. The van der Waals surface area contributed by atoms with E-state index >= 15 is 0 Å². The van der Waals surface area contributed by atoms with Gasteiger partial charge in [-0.05, 0) is 61.9 Å². The highest BCUT2D eigenvalue weighted by atomic mass is 19.4. The molecule has 1 unspecified atom stereocenters. The van der Waals surface area contributed by atoms with Gasteiger partial charge in [0.1, 0.15) is 0 Å². The second kappa shape index (κ2) is 10.3. The summed E-state index contributed by atoms with van der Waals surface area (Å²) in [5, 5.41) is 0. The van der Waals surface area contributed by atoms with Crippen molar-refractivity contribution in [3.8, 4) is 0 Å². The van der Waals surface area contributed by atoms with Crippen LogP contribution in [0.4, 0.5) is 36.8 Å². The van der Waals surface area contributed by atoms with Gasteiger partial charge in [-0.25, -0.2) is 4.79 Å². The average Bonchev–Trinajstić information content (AvgIpc) is 3.20. The molecule has 0 saturated carbocycles. The van der Waals surface area contributed by atoms with Crippen LogP contribution in [0.3, 0.4) is 0 Å². The van der Waals surface area contributed by atoms with E-state index in [1.807, 2.05) is 11.0 Å². The molecular weight excluding hydrogens is 492 g/mol. The van der Waals surface area contributed by atoms with Crippen molar-refractivity contribution in [1.82, 2.24) is 9.80 Å². The van der Waals surface area contributed by atoms with Crippen molar-refractivity contribution < 1.29 is 40.6 Å². The number of alkyl halides is 6. The number of anilines is 1. The van der Waals surface area contributed by atoms with Gasteiger partial charge >= 0.3 is 18.4 Å². The monoisotopic (exact) mass is 523 g/mol. The Morgan fingerprint density at radius 1 is 1.00 bits per heavy atom. The van der Waals surface area contributed by atoms with E-state index in [1.54, 1.807) is 0 Å². The van der Waals surface area contributed by atoms with Crippen LogP contribution in [0.15, 0.2) is 18.2 Å². The molecule has 3 aliphatic heterocycles. The van der Waals surface area contributed by atoms with Gasteiger partial charge in [0.05, 0.1) is 18.8 Å². The van der Waals surface area contributed by atoms with E-state index in [0.29, 0.717) is 83.1 Å². The molecule has 0 bridgehead atoms. The Morgan fingerprint density at radius 3 is 2.25 bits per heavy atom. The van der Waals surface area contributed by atoms with E-state index in [9.17, 15) is 31.1 Å². The fourth-order valence-corrected chi connectivity index (χ4v) is 5.22. The van der Waals surface area contributed by atoms with Crippen LogP contribution >= 0.6 is 0 Å². The molecule has 3 aliphatic rings. The zero-order valence-corrected chi connectivity index (χ0v) is 20.1. The van der Waals surface area contributed by atoms with E-state index in [1.165, 1.54) is 17.0 Å². The minimum atomic E-state index is -4.61. The summed E-state index contributed by atoms with van der Waals surface area (Å²) in [7, 11) is 0. The van der Waals surface area contributed by atoms with E-state index in [2.05, 4.69) is 9.64 Å². The Labute approximate surface area is 206 Å². The third kappa shape index (κ3) is 6.37. The summed E-state index contributed by atoms with van der Waals surface area (Å²) in [6.45, 7) is 5.15. The molecule has 0 aromatic heterocycles. The highest BCUT2D eigenvalue weighted by Gasteiger charge is 2.44.